The molecule has 1 heterocycles. The molecule has 0 aliphatic rings. The van der Waals surface area contributed by atoms with E-state index in [2.05, 4.69) is 15.3 Å². The minimum absolute atomic E-state index is 0.0145. The summed E-state index contributed by atoms with van der Waals surface area (Å²) in [7, 11) is 0. The molecule has 1 atom stereocenters. The van der Waals surface area contributed by atoms with Gasteiger partial charge >= 0.3 is 6.04 Å². The summed E-state index contributed by atoms with van der Waals surface area (Å²) in [5.74, 6) is -2.76. The van der Waals surface area contributed by atoms with Crippen molar-refractivity contribution in [2.24, 2.45) is 0 Å². The summed E-state index contributed by atoms with van der Waals surface area (Å²) in [6.45, 7) is 0. The van der Waals surface area contributed by atoms with E-state index in [-0.39, 0.29) is 28.0 Å². The highest BCUT2D eigenvalue weighted by Crippen LogP contribution is 2.22. The number of nitro benzene ring substituents is 1. The van der Waals surface area contributed by atoms with E-state index in [9.17, 15) is 29.8 Å². The monoisotopic (exact) mass is 406 g/mol. The van der Waals surface area contributed by atoms with Crippen LogP contribution in [0.25, 0.3) is 11.0 Å². The van der Waals surface area contributed by atoms with Crippen molar-refractivity contribution in [3.05, 3.63) is 80.1 Å². The summed E-state index contributed by atoms with van der Waals surface area (Å²) in [4.78, 5) is 53.4. The number of amides is 1. The molecule has 3 rings (SSSR count). The van der Waals surface area contributed by atoms with E-state index < -0.39 is 33.3 Å². The van der Waals surface area contributed by atoms with Gasteiger partial charge in [0.25, 0.3) is 17.4 Å². The van der Waals surface area contributed by atoms with Crippen LogP contribution in [0.2, 0.25) is 0 Å². The summed E-state index contributed by atoms with van der Waals surface area (Å²) in [6, 6.07) is 8.99. The molecule has 1 amide bonds. The van der Waals surface area contributed by atoms with Crippen LogP contribution >= 0.6 is 0 Å². The lowest BCUT2D eigenvalue weighted by Gasteiger charge is -2.10. The second-order valence-electron chi connectivity index (χ2n) is 5.89. The Morgan fingerprint density at radius 3 is 2.50 bits per heavy atom. The minimum Gasteiger partial charge on any atom is -0.318 e. The molecule has 0 bridgehead atoms. The first-order valence-corrected chi connectivity index (χ1v) is 8.20. The Hall–Kier alpha value is -4.79. The molecule has 12 heteroatoms. The number of Topliss-reactive ketones (excluding diaryl/α,β-unsaturated/α-hetero) is 1. The van der Waals surface area contributed by atoms with E-state index in [1.807, 2.05) is 6.07 Å². The quantitative estimate of drug-likeness (QED) is 0.363. The fourth-order valence-corrected chi connectivity index (χ4v) is 2.60. The number of hydrogen-bond donors (Lipinski definition) is 1. The van der Waals surface area contributed by atoms with Gasteiger partial charge in [-0.2, -0.15) is 5.26 Å². The lowest BCUT2D eigenvalue weighted by atomic mass is 10.1. The van der Waals surface area contributed by atoms with Crippen LogP contribution in [0.5, 0.6) is 0 Å². The molecule has 0 fully saturated rings. The van der Waals surface area contributed by atoms with Crippen LogP contribution in [0.3, 0.4) is 0 Å². The molecule has 1 aromatic heterocycles. The Morgan fingerprint density at radius 1 is 1.10 bits per heavy atom. The van der Waals surface area contributed by atoms with Crippen LogP contribution in [-0.4, -0.2) is 31.5 Å². The van der Waals surface area contributed by atoms with Crippen molar-refractivity contribution >= 4 is 34.1 Å². The molecule has 30 heavy (non-hydrogen) atoms. The highest BCUT2D eigenvalue weighted by molar-refractivity contribution is 6.42. The number of rotatable bonds is 6. The van der Waals surface area contributed by atoms with Gasteiger partial charge in [0.05, 0.1) is 33.4 Å². The van der Waals surface area contributed by atoms with Crippen molar-refractivity contribution in [2.45, 2.75) is 6.04 Å². The lowest BCUT2D eigenvalue weighted by Crippen LogP contribution is -2.33. The largest absolute Gasteiger partial charge is 0.322 e. The van der Waals surface area contributed by atoms with Crippen LogP contribution in [0.4, 0.5) is 11.4 Å². The van der Waals surface area contributed by atoms with Gasteiger partial charge in [0.1, 0.15) is 11.8 Å². The molecule has 12 nitrogen and oxygen atoms in total. The molecular weight excluding hydrogens is 396 g/mol. The molecular formula is C18H10N6O6. The number of carbonyl (C=O) groups is 2. The van der Waals surface area contributed by atoms with Gasteiger partial charge in [-0.25, -0.2) is 4.98 Å². The standard InChI is InChI=1S/C18H10N6O6/c19-8-10-3-1-2-4-12(10)22-18(26)17(25)16(24(29)30)15-9-20-13-6-5-11(23(27)28)7-14(13)21-15/h1-7,9,16H,(H,22,26)/t16-/m0/s1. The van der Waals surface area contributed by atoms with Crippen molar-refractivity contribution in [3.8, 4) is 6.07 Å². The number of fused-ring (bicyclic) bond motifs is 1. The lowest BCUT2D eigenvalue weighted by molar-refractivity contribution is -0.513. The summed E-state index contributed by atoms with van der Waals surface area (Å²) in [6.07, 6.45) is 0.954. The number of anilines is 1. The molecule has 0 saturated carbocycles. The summed E-state index contributed by atoms with van der Waals surface area (Å²) < 4.78 is 0. The van der Waals surface area contributed by atoms with Crippen LogP contribution in [0, 0.1) is 31.6 Å². The molecule has 0 unspecified atom stereocenters. The van der Waals surface area contributed by atoms with Gasteiger partial charge in [0.15, 0.2) is 0 Å². The number of para-hydroxylation sites is 1. The predicted octanol–water partition coefficient (Wildman–Crippen LogP) is 1.94. The minimum atomic E-state index is -2.18. The second kappa shape index (κ2) is 8.07. The van der Waals surface area contributed by atoms with Gasteiger partial charge in [-0.1, -0.05) is 12.1 Å². The highest BCUT2D eigenvalue weighted by atomic mass is 16.6. The number of ketones is 1. The summed E-state index contributed by atoms with van der Waals surface area (Å²) in [5, 5.41) is 33.6. The number of nitrogens with one attached hydrogen (secondary N) is 1. The first kappa shape index (κ1) is 20.0. The fourth-order valence-electron chi connectivity index (χ4n) is 2.60. The van der Waals surface area contributed by atoms with E-state index >= 15 is 0 Å². The predicted molar refractivity (Wildman–Crippen MR) is 101 cm³/mol. The molecule has 1 N–H and O–H groups in total. The maximum atomic E-state index is 12.5. The average Bonchev–Trinajstić information content (AvgIpc) is 2.73. The van der Waals surface area contributed by atoms with Crippen molar-refractivity contribution in [3.63, 3.8) is 0 Å². The third-order valence-corrected chi connectivity index (χ3v) is 4.01. The zero-order valence-corrected chi connectivity index (χ0v) is 14.9. The summed E-state index contributed by atoms with van der Waals surface area (Å²) in [5.41, 5.74) is -0.525. The number of benzene rings is 2. The maximum absolute atomic E-state index is 12.5. The molecule has 148 valence electrons. The molecule has 2 aromatic carbocycles. The molecule has 0 aliphatic heterocycles. The van der Waals surface area contributed by atoms with E-state index in [0.29, 0.717) is 0 Å². The van der Waals surface area contributed by atoms with Crippen molar-refractivity contribution in [2.75, 3.05) is 5.32 Å². The van der Waals surface area contributed by atoms with E-state index in [4.69, 9.17) is 5.26 Å². The Labute approximate surface area is 167 Å². The molecule has 0 aliphatic carbocycles. The zero-order chi connectivity index (χ0) is 21.8. The van der Waals surface area contributed by atoms with Crippen molar-refractivity contribution in [1.82, 2.24) is 9.97 Å². The van der Waals surface area contributed by atoms with E-state index in [1.54, 1.807) is 6.07 Å². The van der Waals surface area contributed by atoms with Gasteiger partial charge in [-0.15, -0.1) is 0 Å². The van der Waals surface area contributed by atoms with Crippen molar-refractivity contribution < 1.29 is 19.4 Å². The van der Waals surface area contributed by atoms with Gasteiger partial charge in [-0.05, 0) is 18.2 Å². The second-order valence-corrected chi connectivity index (χ2v) is 5.89. The smallest absolute Gasteiger partial charge is 0.318 e. The normalized spacial score (nSPS) is 11.3. The number of carbonyl (C=O) groups excluding carboxylic acids is 2. The molecule has 0 spiro atoms. The number of hydrogen-bond acceptors (Lipinski definition) is 9. The number of nitrogens with zero attached hydrogens (tertiary/aromatic N) is 5. The third kappa shape index (κ3) is 3.90. The van der Waals surface area contributed by atoms with Crippen LogP contribution < -0.4 is 5.32 Å². The Bertz CT molecular complexity index is 1250. The zero-order valence-electron chi connectivity index (χ0n) is 14.9. The van der Waals surface area contributed by atoms with E-state index in [1.165, 1.54) is 30.3 Å². The van der Waals surface area contributed by atoms with Gasteiger partial charge in [-0.3, -0.25) is 34.8 Å². The molecule has 0 saturated heterocycles. The van der Waals surface area contributed by atoms with Crippen LogP contribution in [0.1, 0.15) is 17.3 Å². The topological polar surface area (TPSA) is 182 Å². The number of nitro groups is 2. The third-order valence-electron chi connectivity index (χ3n) is 4.01. The van der Waals surface area contributed by atoms with E-state index in [0.717, 1.165) is 12.3 Å². The number of aromatic nitrogens is 2. The fraction of sp³-hybridized carbons (Fsp3) is 0.0556. The SMILES string of the molecule is N#Cc1ccccc1NC(=O)C(=O)[C@H](c1cnc2ccc([N+](=O)[O-])cc2n1)[N+](=O)[O-]. The average molecular weight is 406 g/mol. The first-order chi connectivity index (χ1) is 14.3. The Morgan fingerprint density at radius 2 is 1.83 bits per heavy atom. The number of non-ortho nitro benzene ring substituents is 1. The maximum Gasteiger partial charge on any atom is 0.322 e. The molecule has 3 aromatic rings. The molecule has 0 radical (unpaired) electrons. The number of nitriles is 1. The van der Waals surface area contributed by atoms with Crippen molar-refractivity contribution in [1.29, 1.82) is 5.26 Å². The Balaban J connectivity index is 1.96. The van der Waals surface area contributed by atoms with Gasteiger partial charge in [0, 0.05) is 17.1 Å². The van der Waals surface area contributed by atoms with Gasteiger partial charge in [0.2, 0.25) is 0 Å². The highest BCUT2D eigenvalue weighted by Gasteiger charge is 2.39. The summed E-state index contributed by atoms with van der Waals surface area (Å²) >= 11 is 0. The Kier molecular flexibility index (Phi) is 5.37. The van der Waals surface area contributed by atoms with Gasteiger partial charge < -0.3 is 5.32 Å². The van der Waals surface area contributed by atoms with Crippen LogP contribution in [0.15, 0.2) is 48.7 Å². The van der Waals surface area contributed by atoms with Crippen LogP contribution in [-0.2, 0) is 9.59 Å². The first-order valence-electron chi connectivity index (χ1n) is 8.20.